The molecule has 0 N–H and O–H groups in total. The van der Waals surface area contributed by atoms with Gasteiger partial charge in [0.15, 0.2) is 0 Å². The molecule has 3 aromatic rings. The van der Waals surface area contributed by atoms with Gasteiger partial charge in [0.25, 0.3) is 0 Å². The molecule has 0 spiro atoms. The fourth-order valence-corrected chi connectivity index (χ4v) is 2.89. The Balaban J connectivity index is 1.55. The van der Waals surface area contributed by atoms with Gasteiger partial charge in [-0.05, 0) is 73.0 Å². The zero-order valence-electron chi connectivity index (χ0n) is 18.6. The van der Waals surface area contributed by atoms with Crippen LogP contribution in [0, 0.1) is 0 Å². The normalized spacial score (nSPS) is 10.4. The number of carbonyl (C=O) groups excluding carboxylic acids is 3. The lowest BCUT2D eigenvalue weighted by atomic mass is 10.0. The molecule has 3 rings (SSSR count). The van der Waals surface area contributed by atoms with E-state index in [0.717, 1.165) is 16.3 Å². The second-order valence-electron chi connectivity index (χ2n) is 7.63. The van der Waals surface area contributed by atoms with E-state index in [1.54, 1.807) is 50.2 Å². The molecule has 0 saturated heterocycles. The summed E-state index contributed by atoms with van der Waals surface area (Å²) in [5, 5.41) is 1.89. The lowest BCUT2D eigenvalue weighted by Gasteiger charge is -2.08. The molecular formula is C27H24O6. The topological polar surface area (TPSA) is 78.9 Å². The van der Waals surface area contributed by atoms with Crippen molar-refractivity contribution < 1.29 is 28.6 Å². The van der Waals surface area contributed by atoms with Gasteiger partial charge in [-0.1, -0.05) is 37.4 Å². The molecule has 6 nitrogen and oxygen atoms in total. The van der Waals surface area contributed by atoms with Gasteiger partial charge in [0.05, 0.1) is 0 Å². The number of hydrogen-bond donors (Lipinski definition) is 0. The van der Waals surface area contributed by atoms with Gasteiger partial charge in [0, 0.05) is 17.6 Å². The molecule has 0 aliphatic heterocycles. The number of rotatable bonds is 8. The first kappa shape index (κ1) is 23.5. The third-order valence-electron chi connectivity index (χ3n) is 4.67. The van der Waals surface area contributed by atoms with Gasteiger partial charge in [0.1, 0.15) is 17.2 Å². The zero-order chi connectivity index (χ0) is 24.0. The summed E-state index contributed by atoms with van der Waals surface area (Å²) < 4.78 is 15.7. The molecule has 0 bridgehead atoms. The van der Waals surface area contributed by atoms with Crippen LogP contribution >= 0.6 is 0 Å². The van der Waals surface area contributed by atoms with Gasteiger partial charge in [-0.2, -0.15) is 0 Å². The maximum atomic E-state index is 12.2. The molecule has 33 heavy (non-hydrogen) atoms. The van der Waals surface area contributed by atoms with Crippen LogP contribution in [0.3, 0.4) is 0 Å². The first-order valence-electron chi connectivity index (χ1n) is 10.3. The third-order valence-corrected chi connectivity index (χ3v) is 4.67. The van der Waals surface area contributed by atoms with E-state index >= 15 is 0 Å². The van der Waals surface area contributed by atoms with E-state index in [2.05, 4.69) is 13.2 Å². The Morgan fingerprint density at radius 3 is 1.76 bits per heavy atom. The number of aryl methyl sites for hydroxylation is 1. The average Bonchev–Trinajstić information content (AvgIpc) is 2.78. The van der Waals surface area contributed by atoms with Crippen molar-refractivity contribution in [2.45, 2.75) is 26.7 Å². The summed E-state index contributed by atoms with van der Waals surface area (Å²) >= 11 is 0. The van der Waals surface area contributed by atoms with Crippen LogP contribution in [0.1, 0.15) is 25.8 Å². The molecule has 0 heterocycles. The minimum atomic E-state index is -0.515. The quantitative estimate of drug-likeness (QED) is 0.265. The van der Waals surface area contributed by atoms with Crippen molar-refractivity contribution in [1.29, 1.82) is 0 Å². The summed E-state index contributed by atoms with van der Waals surface area (Å²) in [6, 6.07) is 17.4. The lowest BCUT2D eigenvalue weighted by molar-refractivity contribution is -0.134. The van der Waals surface area contributed by atoms with Gasteiger partial charge in [0.2, 0.25) is 0 Å². The van der Waals surface area contributed by atoms with Gasteiger partial charge in [-0.3, -0.25) is 4.79 Å². The molecule has 0 amide bonds. The van der Waals surface area contributed by atoms with E-state index in [9.17, 15) is 14.4 Å². The second-order valence-corrected chi connectivity index (χ2v) is 7.63. The van der Waals surface area contributed by atoms with Crippen LogP contribution in [0.4, 0.5) is 0 Å². The molecule has 0 saturated carbocycles. The zero-order valence-corrected chi connectivity index (χ0v) is 18.6. The predicted octanol–water partition coefficient (Wildman–Crippen LogP) is 5.34. The maximum absolute atomic E-state index is 12.2. The van der Waals surface area contributed by atoms with Crippen LogP contribution in [0.25, 0.3) is 10.8 Å². The highest BCUT2D eigenvalue weighted by atomic mass is 16.5. The van der Waals surface area contributed by atoms with Gasteiger partial charge in [-0.15, -0.1) is 0 Å². The Bertz CT molecular complexity index is 1240. The van der Waals surface area contributed by atoms with Crippen molar-refractivity contribution in [3.05, 3.63) is 90.5 Å². The van der Waals surface area contributed by atoms with Crippen LogP contribution in [-0.4, -0.2) is 17.9 Å². The van der Waals surface area contributed by atoms with E-state index in [-0.39, 0.29) is 12.4 Å². The molecule has 0 aromatic heterocycles. The summed E-state index contributed by atoms with van der Waals surface area (Å²) in [7, 11) is 0. The van der Waals surface area contributed by atoms with Gasteiger partial charge in [-0.25, -0.2) is 9.59 Å². The van der Waals surface area contributed by atoms with Crippen molar-refractivity contribution in [3.63, 3.8) is 0 Å². The average molecular weight is 444 g/mol. The van der Waals surface area contributed by atoms with Crippen LogP contribution < -0.4 is 14.2 Å². The molecule has 0 radical (unpaired) electrons. The number of fused-ring (bicyclic) bond motifs is 1. The lowest BCUT2D eigenvalue weighted by Crippen LogP contribution is -2.10. The fourth-order valence-electron chi connectivity index (χ4n) is 2.89. The molecule has 0 aliphatic carbocycles. The molecule has 6 heteroatoms. The second kappa shape index (κ2) is 10.4. The Morgan fingerprint density at radius 2 is 1.15 bits per heavy atom. The first-order chi connectivity index (χ1) is 15.7. The maximum Gasteiger partial charge on any atom is 0.338 e. The predicted molar refractivity (Wildman–Crippen MR) is 125 cm³/mol. The minimum absolute atomic E-state index is 0.201. The Kier molecular flexibility index (Phi) is 7.41. The Labute approximate surface area is 192 Å². The van der Waals surface area contributed by atoms with Crippen LogP contribution in [0.15, 0.2) is 85.0 Å². The third kappa shape index (κ3) is 6.64. The summed E-state index contributed by atoms with van der Waals surface area (Å²) in [4.78, 5) is 35.4. The van der Waals surface area contributed by atoms with Crippen molar-refractivity contribution in [2.24, 2.45) is 0 Å². The largest absolute Gasteiger partial charge is 0.427 e. The summed E-state index contributed by atoms with van der Waals surface area (Å²) in [6.07, 6.45) is 0.710. The number of esters is 3. The molecule has 0 aliphatic rings. The summed E-state index contributed by atoms with van der Waals surface area (Å²) in [5.74, 6) is -0.190. The van der Waals surface area contributed by atoms with E-state index in [0.29, 0.717) is 34.8 Å². The molecule has 168 valence electrons. The van der Waals surface area contributed by atoms with Gasteiger partial charge < -0.3 is 14.2 Å². The van der Waals surface area contributed by atoms with Crippen molar-refractivity contribution in [1.82, 2.24) is 0 Å². The highest BCUT2D eigenvalue weighted by Crippen LogP contribution is 2.24. The van der Waals surface area contributed by atoms with E-state index in [4.69, 9.17) is 14.2 Å². The SMILES string of the molecule is C=C(C)C(=O)Oc1ccc(OC(=O)CCc2ccc3cc(OC(=O)C(=C)C)ccc3c2)cc1. The molecule has 0 unspecified atom stereocenters. The van der Waals surface area contributed by atoms with Crippen molar-refractivity contribution in [3.8, 4) is 17.2 Å². The summed E-state index contributed by atoms with van der Waals surface area (Å²) in [6.45, 7) is 10.3. The molecule has 3 aromatic carbocycles. The van der Waals surface area contributed by atoms with Crippen molar-refractivity contribution in [2.75, 3.05) is 0 Å². The fraction of sp³-hybridized carbons (Fsp3) is 0.148. The number of carbonyl (C=O) groups is 3. The van der Waals surface area contributed by atoms with Crippen molar-refractivity contribution >= 4 is 28.7 Å². The van der Waals surface area contributed by atoms with Gasteiger partial charge >= 0.3 is 17.9 Å². The smallest absolute Gasteiger partial charge is 0.338 e. The summed E-state index contributed by atoms with van der Waals surface area (Å²) in [5.41, 5.74) is 1.61. The standard InChI is InChI=1S/C27H24O6/c1-17(2)26(29)32-23-12-10-22(11-13-23)31-25(28)14-6-19-5-7-21-16-24(9-8-20(21)15-19)33-27(30)18(3)4/h5,7-13,15-16H,1,3,6,14H2,2,4H3. The monoisotopic (exact) mass is 444 g/mol. The first-order valence-corrected chi connectivity index (χ1v) is 10.3. The highest BCUT2D eigenvalue weighted by Gasteiger charge is 2.10. The van der Waals surface area contributed by atoms with E-state index < -0.39 is 11.9 Å². The molecule has 0 fully saturated rings. The number of ether oxygens (including phenoxy) is 3. The van der Waals surface area contributed by atoms with Crippen LogP contribution in [0.2, 0.25) is 0 Å². The van der Waals surface area contributed by atoms with Crippen LogP contribution in [0.5, 0.6) is 17.2 Å². The van der Waals surface area contributed by atoms with E-state index in [1.807, 2.05) is 24.3 Å². The number of hydrogen-bond acceptors (Lipinski definition) is 6. The minimum Gasteiger partial charge on any atom is -0.427 e. The molecular weight excluding hydrogens is 420 g/mol. The number of benzene rings is 3. The van der Waals surface area contributed by atoms with E-state index in [1.165, 1.54) is 0 Å². The Hall–Kier alpha value is -4.19. The molecule has 0 atom stereocenters. The van der Waals surface area contributed by atoms with Crippen LogP contribution in [-0.2, 0) is 20.8 Å². The highest BCUT2D eigenvalue weighted by molar-refractivity contribution is 5.90. The Morgan fingerprint density at radius 1 is 0.667 bits per heavy atom.